The van der Waals surface area contributed by atoms with Crippen molar-refractivity contribution in [1.82, 2.24) is 0 Å². The third-order valence-electron chi connectivity index (χ3n) is 3.22. The molecule has 0 saturated heterocycles. The Morgan fingerprint density at radius 1 is 1.13 bits per heavy atom. The summed E-state index contributed by atoms with van der Waals surface area (Å²) in [6.07, 6.45) is 3.66. The molecule has 0 fully saturated rings. The molecule has 2 aromatic rings. The zero-order valence-electron chi connectivity index (χ0n) is 15.3. The predicted molar refractivity (Wildman–Crippen MR) is 104 cm³/mol. The summed E-state index contributed by atoms with van der Waals surface area (Å²) >= 11 is 3.91. The van der Waals surface area contributed by atoms with Crippen molar-refractivity contribution in [2.24, 2.45) is 0 Å². The quantitative estimate of drug-likeness (QED) is 0.581. The van der Waals surface area contributed by atoms with Gasteiger partial charge in [-0.25, -0.2) is 0 Å². The van der Waals surface area contributed by atoms with Gasteiger partial charge in [0.15, 0.2) is 0 Å². The number of nitrogens with zero attached hydrogens (tertiary/aromatic N) is 1. The number of rotatable bonds is 7. The average molecular weight is 372 g/mol. The molecule has 0 aliphatic heterocycles. The molecular formula is C19H31NOSV. The summed E-state index contributed by atoms with van der Waals surface area (Å²) in [5.74, 6) is 0. The molecule has 1 aromatic carbocycles. The first kappa shape index (κ1) is 22.4. The van der Waals surface area contributed by atoms with Gasteiger partial charge < -0.3 is 9.64 Å². The van der Waals surface area contributed by atoms with Crippen molar-refractivity contribution in [3.63, 3.8) is 0 Å². The molecule has 0 unspecified atom stereocenters. The van der Waals surface area contributed by atoms with Gasteiger partial charge in [-0.15, -0.1) is 11.3 Å². The summed E-state index contributed by atoms with van der Waals surface area (Å²) in [6, 6.07) is 8.59. The normalized spacial score (nSPS) is 9.57. The monoisotopic (exact) mass is 372 g/mol. The molecule has 1 heterocycles. The van der Waals surface area contributed by atoms with Crippen LogP contribution < -0.4 is 4.90 Å². The van der Waals surface area contributed by atoms with Gasteiger partial charge in [-0.2, -0.15) is 0 Å². The van der Waals surface area contributed by atoms with E-state index in [1.54, 1.807) is 0 Å². The van der Waals surface area contributed by atoms with Crippen LogP contribution in [0.15, 0.2) is 24.3 Å². The Hall–Kier alpha value is -0.606. The van der Waals surface area contributed by atoms with Crippen LogP contribution in [-0.2, 0) is 28.3 Å². The zero-order chi connectivity index (χ0) is 17.7. The molecule has 0 radical (unpaired) electrons. The van der Waals surface area contributed by atoms with Crippen LogP contribution in [0.25, 0.3) is 10.1 Å². The second-order valence-electron chi connectivity index (χ2n) is 5.04. The van der Waals surface area contributed by atoms with Crippen LogP contribution in [-0.4, -0.2) is 25.9 Å². The standard InChI is InChI=1S/C16H23NOS.C2H6.CH2.V/c1-4-5-8-11-18-12-14-13-9-6-7-10-15(13)19-16(14)17(2)3;1-2;;/h6-7,9-10H,4-5,8,11-12H2,1-3H3;1-2H3;1H2;. The molecule has 0 spiro atoms. The Kier molecular flexibility index (Phi) is 13.4. The van der Waals surface area contributed by atoms with E-state index < -0.39 is 0 Å². The molecule has 23 heavy (non-hydrogen) atoms. The van der Waals surface area contributed by atoms with E-state index in [1.807, 2.05) is 25.2 Å². The number of benzene rings is 1. The van der Waals surface area contributed by atoms with Crippen molar-refractivity contribution in [3.05, 3.63) is 29.8 Å². The first-order valence-electron chi connectivity index (χ1n) is 8.31. The molecule has 0 atom stereocenters. The zero-order valence-corrected chi connectivity index (χ0v) is 17.5. The molecule has 0 aliphatic rings. The van der Waals surface area contributed by atoms with E-state index in [2.05, 4.69) is 72.4 Å². The summed E-state index contributed by atoms with van der Waals surface area (Å²) in [5.41, 5.74) is 1.34. The second kappa shape index (κ2) is 13.8. The van der Waals surface area contributed by atoms with Gasteiger partial charge in [0.1, 0.15) is 0 Å². The number of hydrogen-bond donors (Lipinski definition) is 0. The molecule has 129 valence electrons. The van der Waals surface area contributed by atoms with E-state index in [0.29, 0.717) is 0 Å². The van der Waals surface area contributed by atoms with Gasteiger partial charge in [0.2, 0.25) is 0 Å². The Balaban J connectivity index is 0.00000112. The van der Waals surface area contributed by atoms with Crippen molar-refractivity contribution < 1.29 is 21.7 Å². The van der Waals surface area contributed by atoms with Crippen LogP contribution in [0.2, 0.25) is 0 Å². The van der Waals surface area contributed by atoms with Crippen molar-refractivity contribution in [2.45, 2.75) is 46.6 Å². The number of anilines is 1. The minimum atomic E-state index is 0.723. The molecule has 0 amide bonds. The molecular weight excluding hydrogens is 341 g/mol. The van der Waals surface area contributed by atoms with E-state index in [-0.39, 0.29) is 0 Å². The van der Waals surface area contributed by atoms with E-state index in [1.165, 1.54) is 33.5 Å². The number of ether oxygens (including phenoxy) is 1. The number of unbranched alkanes of at least 4 members (excludes halogenated alkanes) is 2. The first-order valence-corrected chi connectivity index (χ1v) is 10.1. The van der Waals surface area contributed by atoms with E-state index in [4.69, 9.17) is 4.74 Å². The number of fused-ring (bicyclic) bond motifs is 1. The minimum absolute atomic E-state index is 0.723. The maximum atomic E-state index is 5.86. The van der Waals surface area contributed by atoms with Crippen LogP contribution >= 0.6 is 11.3 Å². The third kappa shape index (κ3) is 7.22. The summed E-state index contributed by atoms with van der Waals surface area (Å²) in [7, 11) is 4.20. The number of thiophene rings is 1. The SMILES string of the molecule is CC.CCCCCOCc1c(N(C)C)sc2ccccc12.[CH2]=[V]. The summed E-state index contributed by atoms with van der Waals surface area (Å²) < 4.78 is 7.20. The van der Waals surface area contributed by atoms with Crippen molar-refractivity contribution >= 4 is 31.7 Å². The first-order chi connectivity index (χ1) is 11.2. The molecule has 0 N–H and O–H groups in total. The molecule has 0 aliphatic carbocycles. The van der Waals surface area contributed by atoms with Crippen molar-refractivity contribution in [2.75, 3.05) is 25.6 Å². The molecule has 4 heteroatoms. The summed E-state index contributed by atoms with van der Waals surface area (Å²) in [6.45, 7) is 7.81. The van der Waals surface area contributed by atoms with Crippen LogP contribution in [0.5, 0.6) is 0 Å². The van der Waals surface area contributed by atoms with Gasteiger partial charge in [0, 0.05) is 36.4 Å². The molecule has 1 aromatic heterocycles. The fraction of sp³-hybridized carbons (Fsp3) is 0.526. The third-order valence-corrected chi connectivity index (χ3v) is 4.60. The maximum absolute atomic E-state index is 5.86. The molecule has 0 saturated carbocycles. The van der Waals surface area contributed by atoms with Gasteiger partial charge >= 0.3 is 22.2 Å². The van der Waals surface area contributed by atoms with Crippen LogP contribution in [0, 0.1) is 0 Å². The van der Waals surface area contributed by atoms with Crippen molar-refractivity contribution in [1.29, 1.82) is 0 Å². The predicted octanol–water partition coefficient (Wildman–Crippen LogP) is 5.67. The molecule has 0 bridgehead atoms. The summed E-state index contributed by atoms with van der Waals surface area (Å²) in [5, 5.41) is 5.84. The Labute approximate surface area is 155 Å². The van der Waals surface area contributed by atoms with E-state index >= 15 is 0 Å². The van der Waals surface area contributed by atoms with E-state index in [0.717, 1.165) is 19.6 Å². The van der Waals surface area contributed by atoms with Crippen LogP contribution in [0.1, 0.15) is 45.6 Å². The molecule has 2 nitrogen and oxygen atoms in total. The van der Waals surface area contributed by atoms with Crippen LogP contribution in [0.4, 0.5) is 5.00 Å². The van der Waals surface area contributed by atoms with Crippen molar-refractivity contribution in [3.8, 4) is 0 Å². The van der Waals surface area contributed by atoms with Gasteiger partial charge in [-0.3, -0.25) is 0 Å². The van der Waals surface area contributed by atoms with Gasteiger partial charge in [0.25, 0.3) is 0 Å². The Morgan fingerprint density at radius 3 is 2.39 bits per heavy atom. The fourth-order valence-electron chi connectivity index (χ4n) is 2.21. The van der Waals surface area contributed by atoms with Gasteiger partial charge in [0.05, 0.1) is 11.6 Å². The second-order valence-corrected chi connectivity index (χ2v) is 6.07. The Bertz CT molecular complexity index is 539. The van der Waals surface area contributed by atoms with Gasteiger partial charge in [-0.05, 0) is 12.5 Å². The Morgan fingerprint density at radius 2 is 1.78 bits per heavy atom. The van der Waals surface area contributed by atoms with Gasteiger partial charge in [-0.1, -0.05) is 51.8 Å². The fourth-order valence-corrected chi connectivity index (χ4v) is 3.35. The summed E-state index contributed by atoms with van der Waals surface area (Å²) in [4.78, 5) is 2.19. The van der Waals surface area contributed by atoms with Crippen LogP contribution in [0.3, 0.4) is 0 Å². The molecule has 2 rings (SSSR count). The average Bonchev–Trinajstić information content (AvgIpc) is 2.97. The topological polar surface area (TPSA) is 12.5 Å². The van der Waals surface area contributed by atoms with E-state index in [9.17, 15) is 0 Å². The number of hydrogen-bond acceptors (Lipinski definition) is 3.